The molecule has 144 valence electrons. The molecular weight excluding hydrogens is 521 g/mol. The van der Waals surface area contributed by atoms with Crippen LogP contribution in [-0.4, -0.2) is 40.1 Å². The van der Waals surface area contributed by atoms with Gasteiger partial charge in [0, 0.05) is 45.4 Å². The predicted molar refractivity (Wildman–Crippen MR) is 139 cm³/mol. The van der Waals surface area contributed by atoms with E-state index in [1.54, 1.807) is 0 Å². The van der Waals surface area contributed by atoms with E-state index in [-0.39, 0.29) is 5.41 Å². The van der Waals surface area contributed by atoms with Crippen LogP contribution in [0.4, 0.5) is 11.4 Å². The van der Waals surface area contributed by atoms with Gasteiger partial charge < -0.3 is 5.98 Å². The molecule has 1 spiro atoms. The molecule has 6 rings (SSSR count). The Labute approximate surface area is 213 Å². The lowest BCUT2D eigenvalue weighted by atomic mass is 9.70. The molecule has 0 N–H and O–H groups in total. The zero-order chi connectivity index (χ0) is 21.3. The van der Waals surface area contributed by atoms with E-state index in [1.807, 2.05) is 0 Å². The van der Waals surface area contributed by atoms with Gasteiger partial charge in [-0.2, -0.15) is 0 Å². The van der Waals surface area contributed by atoms with E-state index < -0.39 is 0 Å². The van der Waals surface area contributed by atoms with Crippen LogP contribution in [-0.2, 0) is 5.41 Å². The number of fused-ring (bicyclic) bond motifs is 10. The predicted octanol–water partition coefficient (Wildman–Crippen LogP) is 5.79. The number of nitrogens with zero attached hydrogens (tertiary/aromatic N) is 2. The van der Waals surface area contributed by atoms with Gasteiger partial charge in [0.05, 0.1) is 5.41 Å². The van der Waals surface area contributed by atoms with Crippen molar-refractivity contribution in [3.63, 3.8) is 0 Å². The largest absolute Gasteiger partial charge is 0.481 e. The van der Waals surface area contributed by atoms with Gasteiger partial charge in [-0.25, -0.2) is 0 Å². The molecule has 0 aliphatic heterocycles. The van der Waals surface area contributed by atoms with E-state index in [9.17, 15) is 0 Å². The highest BCUT2D eigenvalue weighted by Gasteiger charge is 2.52. The maximum atomic E-state index is 2.83. The fourth-order valence-corrected chi connectivity index (χ4v) is 6.50. The van der Waals surface area contributed by atoms with Crippen molar-refractivity contribution in [2.24, 2.45) is 0 Å². The summed E-state index contributed by atoms with van der Waals surface area (Å²) in [6.07, 6.45) is 0. The summed E-state index contributed by atoms with van der Waals surface area (Å²) in [6, 6.07) is 31.4. The van der Waals surface area contributed by atoms with Crippen molar-refractivity contribution in [1.29, 1.82) is 0 Å². The Hall–Kier alpha value is -1.73. The lowest BCUT2D eigenvalue weighted by Gasteiger charge is -2.31. The van der Waals surface area contributed by atoms with Gasteiger partial charge in [-0.3, -0.25) is 0 Å². The highest BCUT2D eigenvalue weighted by molar-refractivity contribution is 14.1. The minimum atomic E-state index is -0.304. The second kappa shape index (κ2) is 7.14. The average molecular weight is 538 g/mol. The van der Waals surface area contributed by atoms with Crippen LogP contribution >= 0.6 is 22.9 Å². The minimum Gasteiger partial charge on any atom is -0.481 e. The Morgan fingerprint density at radius 2 is 1.06 bits per heavy atom. The fraction of sp³-hybridized carbons (Fsp3) is 0.0769. The summed E-state index contributed by atoms with van der Waals surface area (Å²) in [5.41, 5.74) is 12.9. The van der Waals surface area contributed by atoms with Gasteiger partial charge in [0.1, 0.15) is 0 Å². The molecule has 0 fully saturated rings. The molecule has 0 bridgehead atoms. The van der Waals surface area contributed by atoms with Gasteiger partial charge in [0.25, 0.3) is 0 Å². The van der Waals surface area contributed by atoms with Gasteiger partial charge in [-0.15, -0.1) is 0 Å². The third kappa shape index (κ3) is 2.51. The SMILES string of the molecule is C[N]([Al])c1cccc2c1-c1ccccc1C21c2ccccc2-c2c([N]([Al])I)cccc21. The minimum absolute atomic E-state index is 0.304. The highest BCUT2D eigenvalue weighted by Crippen LogP contribution is 2.65. The average Bonchev–Trinajstić information content (AvgIpc) is 3.26. The van der Waals surface area contributed by atoms with E-state index in [0.29, 0.717) is 0 Å². The molecule has 4 aromatic carbocycles. The van der Waals surface area contributed by atoms with Crippen molar-refractivity contribution >= 4 is 67.3 Å². The van der Waals surface area contributed by atoms with Crippen molar-refractivity contribution < 1.29 is 0 Å². The van der Waals surface area contributed by atoms with Crippen LogP contribution in [0.25, 0.3) is 22.3 Å². The van der Waals surface area contributed by atoms with Crippen LogP contribution in [0.3, 0.4) is 0 Å². The van der Waals surface area contributed by atoms with E-state index in [0.717, 1.165) is 0 Å². The Bertz CT molecular complexity index is 1260. The summed E-state index contributed by atoms with van der Waals surface area (Å²) in [6.45, 7) is 0. The lowest BCUT2D eigenvalue weighted by molar-refractivity contribution is 0.794. The van der Waals surface area contributed by atoms with Gasteiger partial charge in [0.2, 0.25) is 0 Å². The molecule has 0 saturated heterocycles. The van der Waals surface area contributed by atoms with Gasteiger partial charge in [-0.05, 0) is 52.6 Å². The number of anilines is 2. The van der Waals surface area contributed by atoms with Gasteiger partial charge in [-0.1, -0.05) is 72.8 Å². The molecule has 0 aromatic heterocycles. The monoisotopic (exact) mass is 538 g/mol. The summed E-state index contributed by atoms with van der Waals surface area (Å²) < 4.78 is 4.28. The summed E-state index contributed by atoms with van der Waals surface area (Å²) >= 11 is 8.01. The number of rotatable bonds is 2. The van der Waals surface area contributed by atoms with E-state index in [2.05, 4.69) is 154 Å². The molecule has 2 aliphatic carbocycles. The second-order valence-corrected chi connectivity index (χ2v) is 11.5. The van der Waals surface area contributed by atoms with E-state index in [4.69, 9.17) is 0 Å². The van der Waals surface area contributed by atoms with E-state index >= 15 is 0 Å². The first kappa shape index (κ1) is 19.9. The molecule has 0 heterocycles. The zero-order valence-corrected chi connectivity index (χ0v) is 21.5. The maximum Gasteiger partial charge on any atom is 0.327 e. The first-order valence-corrected chi connectivity index (χ1v) is 12.2. The highest BCUT2D eigenvalue weighted by atomic mass is 127. The number of hydrogen-bond donors (Lipinski definition) is 0. The van der Waals surface area contributed by atoms with Crippen molar-refractivity contribution in [2.75, 3.05) is 13.0 Å². The van der Waals surface area contributed by atoms with Crippen molar-refractivity contribution in [2.45, 2.75) is 5.41 Å². The smallest absolute Gasteiger partial charge is 0.327 e. The van der Waals surface area contributed by atoms with Gasteiger partial charge in [0.15, 0.2) is 0 Å². The van der Waals surface area contributed by atoms with Crippen LogP contribution < -0.4 is 5.98 Å². The Kier molecular flexibility index (Phi) is 4.59. The molecule has 2 aliphatic rings. The Morgan fingerprint density at radius 1 is 0.613 bits per heavy atom. The van der Waals surface area contributed by atoms with Crippen molar-refractivity contribution in [3.8, 4) is 22.3 Å². The summed E-state index contributed by atoms with van der Waals surface area (Å²) in [7, 11) is 2.10. The van der Waals surface area contributed by atoms with E-state index in [1.165, 1.54) is 55.9 Å². The molecule has 4 radical (unpaired) electrons. The molecule has 2 nitrogen and oxygen atoms in total. The molecule has 0 amide bonds. The quantitative estimate of drug-likeness (QED) is 0.157. The molecule has 31 heavy (non-hydrogen) atoms. The first-order valence-electron chi connectivity index (χ1n) is 10.2. The number of halogens is 1. The molecular formula is C26H17Al2IN2. The number of benzene rings is 4. The third-order valence-electron chi connectivity index (χ3n) is 6.70. The Balaban J connectivity index is 1.85. The molecule has 1 unspecified atom stereocenters. The number of hydrogen-bond acceptors (Lipinski definition) is 2. The topological polar surface area (TPSA) is 6.48 Å². The van der Waals surface area contributed by atoms with Crippen LogP contribution in [0, 0.1) is 0 Å². The van der Waals surface area contributed by atoms with Crippen LogP contribution in [0.15, 0.2) is 84.9 Å². The molecule has 0 saturated carbocycles. The van der Waals surface area contributed by atoms with Crippen LogP contribution in [0.1, 0.15) is 22.3 Å². The summed E-state index contributed by atoms with van der Waals surface area (Å²) in [4.78, 5) is 0. The maximum absolute atomic E-state index is 2.83. The molecule has 4 aromatic rings. The Morgan fingerprint density at radius 3 is 1.58 bits per heavy atom. The van der Waals surface area contributed by atoms with Crippen LogP contribution in [0.2, 0.25) is 0 Å². The molecule has 1 atom stereocenters. The van der Waals surface area contributed by atoms with Crippen molar-refractivity contribution in [1.82, 2.24) is 0 Å². The van der Waals surface area contributed by atoms with Crippen molar-refractivity contribution in [3.05, 3.63) is 107 Å². The summed E-state index contributed by atoms with van der Waals surface area (Å²) in [5, 5.41) is 0. The lowest BCUT2D eigenvalue weighted by Crippen LogP contribution is -2.26. The third-order valence-corrected chi connectivity index (χ3v) is 7.78. The summed E-state index contributed by atoms with van der Waals surface area (Å²) in [5.74, 6) is 0. The fourth-order valence-electron chi connectivity index (χ4n) is 5.67. The zero-order valence-electron chi connectivity index (χ0n) is 17.0. The van der Waals surface area contributed by atoms with Crippen LogP contribution in [0.5, 0.6) is 0 Å². The standard InChI is InChI=1S/C26H17IN2.2Al/c1-28-22-14-6-12-20-24(22)16-8-2-4-10-18(16)26(20)19-11-5-3-9-17(19)25-21(26)13-7-15-23(25)29-27;;/h2-15H,1H3;;/q-2;2*+1. The first-order chi connectivity index (χ1) is 15.1. The second-order valence-electron chi connectivity index (χ2n) is 8.16. The van der Waals surface area contributed by atoms with Gasteiger partial charge >= 0.3 is 33.0 Å². The normalized spacial score (nSPS) is 17.1. The molecule has 5 heteroatoms.